The maximum absolute atomic E-state index is 7.00. The molecule has 158 valence electrons. The lowest BCUT2D eigenvalue weighted by Crippen LogP contribution is -2.66. The minimum atomic E-state index is -2.47. The van der Waals surface area contributed by atoms with Crippen molar-refractivity contribution in [2.45, 2.75) is 64.4 Å². The van der Waals surface area contributed by atoms with Gasteiger partial charge in [-0.2, -0.15) is 0 Å². The van der Waals surface area contributed by atoms with Crippen LogP contribution in [0.1, 0.15) is 33.6 Å². The molecule has 4 heteroatoms. The molecule has 0 bridgehead atoms. The molecular weight excluding hydrogens is 388 g/mol. The predicted octanol–water partition coefficient (Wildman–Crippen LogP) is 5.75. The summed E-state index contributed by atoms with van der Waals surface area (Å²) in [4.78, 5) is 0. The molecule has 0 heterocycles. The summed E-state index contributed by atoms with van der Waals surface area (Å²) in [6, 6.07) is 21.6. The van der Waals surface area contributed by atoms with Gasteiger partial charge in [-0.3, -0.25) is 0 Å². The number of hydrogen-bond acceptors (Lipinski definition) is 2. The molecule has 0 aliphatic carbocycles. The fraction of sp³-hybridized carbons (Fsp3) is 0.440. The van der Waals surface area contributed by atoms with Crippen LogP contribution in [0.15, 0.2) is 73.3 Å². The van der Waals surface area contributed by atoms with E-state index in [1.54, 1.807) is 0 Å². The molecule has 0 aliphatic heterocycles. The summed E-state index contributed by atoms with van der Waals surface area (Å²) in [6.45, 7) is 18.3. The highest BCUT2D eigenvalue weighted by atomic mass is 28.4. The Balaban J connectivity index is 2.37. The van der Waals surface area contributed by atoms with E-state index in [0.717, 1.165) is 12.8 Å². The van der Waals surface area contributed by atoms with E-state index >= 15 is 0 Å². The quantitative estimate of drug-likeness (QED) is 0.356. The third kappa shape index (κ3) is 6.25. The second-order valence-electron chi connectivity index (χ2n) is 9.68. The lowest BCUT2D eigenvalue weighted by atomic mass is 10.2. The number of benzene rings is 2. The van der Waals surface area contributed by atoms with Gasteiger partial charge < -0.3 is 8.85 Å². The lowest BCUT2D eigenvalue weighted by Gasteiger charge is -2.43. The second-order valence-corrected chi connectivity index (χ2v) is 18.4. The van der Waals surface area contributed by atoms with Crippen LogP contribution in [-0.2, 0) is 8.85 Å². The van der Waals surface area contributed by atoms with Gasteiger partial charge in [0.25, 0.3) is 8.32 Å². The average molecular weight is 427 g/mol. The molecule has 0 saturated carbocycles. The fourth-order valence-electron chi connectivity index (χ4n) is 4.02. The predicted molar refractivity (Wildman–Crippen MR) is 131 cm³/mol. The van der Waals surface area contributed by atoms with Gasteiger partial charge in [-0.15, -0.1) is 6.58 Å². The zero-order valence-corrected chi connectivity index (χ0v) is 21.1. The van der Waals surface area contributed by atoms with E-state index in [4.69, 9.17) is 8.85 Å². The second kappa shape index (κ2) is 10.0. The standard InChI is InChI=1S/C25H38O2Si2/c1-8-15-22(27-28(5,6)7)20-21-26-29(25(2,3)4,23-16-11-9-12-17-23)24-18-13-10-14-19-24/h8-14,16-19,22H,1,15,20-21H2,2-7H3/t22-/m1/s1. The van der Waals surface area contributed by atoms with E-state index in [0.29, 0.717) is 6.61 Å². The van der Waals surface area contributed by atoms with Gasteiger partial charge in [0.2, 0.25) is 0 Å². The van der Waals surface area contributed by atoms with Crippen molar-refractivity contribution in [3.63, 3.8) is 0 Å². The Kier molecular flexibility index (Phi) is 8.23. The van der Waals surface area contributed by atoms with Crippen molar-refractivity contribution < 1.29 is 8.85 Å². The molecule has 1 atom stereocenters. The maximum atomic E-state index is 7.00. The molecular formula is C25H38O2Si2. The molecule has 0 aliphatic rings. The third-order valence-corrected chi connectivity index (χ3v) is 11.2. The summed E-state index contributed by atoms with van der Waals surface area (Å²) in [7, 11) is -4.08. The summed E-state index contributed by atoms with van der Waals surface area (Å²) < 4.78 is 13.4. The lowest BCUT2D eigenvalue weighted by molar-refractivity contribution is 0.154. The zero-order chi connectivity index (χ0) is 21.5. The maximum Gasteiger partial charge on any atom is 0.261 e. The first-order valence-electron chi connectivity index (χ1n) is 10.6. The summed E-state index contributed by atoms with van der Waals surface area (Å²) in [5.74, 6) is 0. The highest BCUT2D eigenvalue weighted by molar-refractivity contribution is 6.99. The topological polar surface area (TPSA) is 18.5 Å². The molecule has 0 amide bonds. The van der Waals surface area contributed by atoms with Crippen molar-refractivity contribution in [1.29, 1.82) is 0 Å². The minimum absolute atomic E-state index is 0.00325. The smallest absolute Gasteiger partial charge is 0.261 e. The molecule has 2 nitrogen and oxygen atoms in total. The summed E-state index contributed by atoms with van der Waals surface area (Å²) in [5.41, 5.74) is 0. The van der Waals surface area contributed by atoms with E-state index in [9.17, 15) is 0 Å². The molecule has 29 heavy (non-hydrogen) atoms. The van der Waals surface area contributed by atoms with Gasteiger partial charge in [-0.25, -0.2) is 0 Å². The molecule has 0 radical (unpaired) electrons. The van der Waals surface area contributed by atoms with Crippen LogP contribution in [0.25, 0.3) is 0 Å². The molecule has 2 aromatic rings. The van der Waals surface area contributed by atoms with Crippen LogP contribution in [0.2, 0.25) is 24.7 Å². The van der Waals surface area contributed by atoms with Gasteiger partial charge >= 0.3 is 0 Å². The highest BCUT2D eigenvalue weighted by Crippen LogP contribution is 2.37. The molecule has 0 saturated heterocycles. The van der Waals surface area contributed by atoms with Crippen molar-refractivity contribution in [2.24, 2.45) is 0 Å². The summed E-state index contributed by atoms with van der Waals surface area (Å²) in [5, 5.41) is 2.65. The molecule has 0 aromatic heterocycles. The van der Waals surface area contributed by atoms with Crippen LogP contribution < -0.4 is 10.4 Å². The van der Waals surface area contributed by atoms with E-state index in [1.165, 1.54) is 10.4 Å². The number of hydrogen-bond donors (Lipinski definition) is 0. The van der Waals surface area contributed by atoms with E-state index in [-0.39, 0.29) is 11.1 Å². The Morgan fingerprint density at radius 2 is 1.38 bits per heavy atom. The highest BCUT2D eigenvalue weighted by Gasteiger charge is 2.50. The van der Waals surface area contributed by atoms with E-state index in [2.05, 4.69) is 108 Å². The van der Waals surface area contributed by atoms with Gasteiger partial charge in [0.05, 0.1) is 6.10 Å². The largest absolute Gasteiger partial charge is 0.414 e. The van der Waals surface area contributed by atoms with Crippen molar-refractivity contribution in [3.8, 4) is 0 Å². The van der Waals surface area contributed by atoms with Gasteiger partial charge in [0, 0.05) is 6.61 Å². The van der Waals surface area contributed by atoms with Crippen LogP contribution in [0, 0.1) is 0 Å². The van der Waals surface area contributed by atoms with Gasteiger partial charge in [-0.1, -0.05) is 87.5 Å². The Hall–Kier alpha value is -1.47. The molecule has 0 unspecified atom stereocenters. The third-order valence-electron chi connectivity index (χ3n) is 5.12. The van der Waals surface area contributed by atoms with Crippen molar-refractivity contribution in [2.75, 3.05) is 6.61 Å². The molecule has 0 fully saturated rings. The molecule has 0 N–H and O–H groups in total. The fourth-order valence-corrected chi connectivity index (χ4v) is 9.81. The van der Waals surface area contributed by atoms with Crippen molar-refractivity contribution in [1.82, 2.24) is 0 Å². The Bertz CT molecular complexity index is 706. The summed E-state index contributed by atoms with van der Waals surface area (Å²) in [6.07, 6.45) is 3.90. The van der Waals surface area contributed by atoms with Crippen molar-refractivity contribution in [3.05, 3.63) is 73.3 Å². The van der Waals surface area contributed by atoms with E-state index in [1.807, 2.05) is 6.08 Å². The SMILES string of the molecule is C=CC[C@H](CCO[Si](c1ccccc1)(c1ccccc1)C(C)(C)C)O[Si](C)(C)C. The monoisotopic (exact) mass is 426 g/mol. The van der Waals surface area contributed by atoms with Gasteiger partial charge in [-0.05, 0) is 47.9 Å². The van der Waals surface area contributed by atoms with Crippen LogP contribution in [0.4, 0.5) is 0 Å². The molecule has 2 aromatic carbocycles. The van der Waals surface area contributed by atoms with Crippen LogP contribution in [0.5, 0.6) is 0 Å². The zero-order valence-electron chi connectivity index (χ0n) is 19.1. The van der Waals surface area contributed by atoms with E-state index < -0.39 is 16.6 Å². The van der Waals surface area contributed by atoms with Crippen LogP contribution >= 0.6 is 0 Å². The van der Waals surface area contributed by atoms with Crippen LogP contribution in [-0.4, -0.2) is 29.3 Å². The average Bonchev–Trinajstić information content (AvgIpc) is 2.64. The van der Waals surface area contributed by atoms with Crippen LogP contribution in [0.3, 0.4) is 0 Å². The van der Waals surface area contributed by atoms with Gasteiger partial charge in [0.15, 0.2) is 8.32 Å². The Morgan fingerprint density at radius 1 is 0.897 bits per heavy atom. The minimum Gasteiger partial charge on any atom is -0.414 e. The first-order valence-corrected chi connectivity index (χ1v) is 16.0. The van der Waals surface area contributed by atoms with Gasteiger partial charge in [0.1, 0.15) is 0 Å². The first-order chi connectivity index (χ1) is 13.6. The van der Waals surface area contributed by atoms with Crippen molar-refractivity contribution >= 4 is 27.0 Å². The Labute approximate surface area is 180 Å². The normalized spacial score (nSPS) is 13.9. The molecule has 2 rings (SSSR count). The Morgan fingerprint density at radius 3 is 1.76 bits per heavy atom. The summed E-state index contributed by atoms with van der Waals surface area (Å²) >= 11 is 0. The first kappa shape index (κ1) is 23.8. The molecule has 0 spiro atoms. The number of rotatable bonds is 10.